The zero-order chi connectivity index (χ0) is 13.7. The highest BCUT2D eigenvalue weighted by atomic mass is 16.5. The van der Waals surface area contributed by atoms with E-state index >= 15 is 0 Å². The predicted octanol–water partition coefficient (Wildman–Crippen LogP) is 2.41. The molecule has 1 aliphatic carbocycles. The Labute approximate surface area is 116 Å². The molecule has 0 aliphatic heterocycles. The van der Waals surface area contributed by atoms with E-state index in [0.29, 0.717) is 6.04 Å². The zero-order valence-electron chi connectivity index (χ0n) is 12.4. The van der Waals surface area contributed by atoms with Gasteiger partial charge < -0.3 is 10.1 Å². The van der Waals surface area contributed by atoms with Gasteiger partial charge in [0.15, 0.2) is 0 Å². The molecule has 1 aromatic rings. The third-order valence-electron chi connectivity index (χ3n) is 3.79. The molecule has 1 N–H and O–H groups in total. The van der Waals surface area contributed by atoms with E-state index in [0.717, 1.165) is 25.7 Å². The fraction of sp³-hybridized carbons (Fsp3) is 0.625. The molecule has 1 aliphatic rings. The SMILES string of the molecule is COCC(C)N(C)Cc1ccc(CNC2CC2)cc1. The van der Waals surface area contributed by atoms with Crippen molar-refractivity contribution in [2.24, 2.45) is 0 Å². The van der Waals surface area contributed by atoms with Gasteiger partial charge in [-0.15, -0.1) is 0 Å². The fourth-order valence-electron chi connectivity index (χ4n) is 2.12. The molecule has 3 nitrogen and oxygen atoms in total. The van der Waals surface area contributed by atoms with Gasteiger partial charge in [0.25, 0.3) is 0 Å². The number of nitrogens with one attached hydrogen (secondary N) is 1. The standard InChI is InChI=1S/C16H26N2O/c1-13(12-19-3)18(2)11-15-6-4-14(5-7-15)10-17-16-8-9-16/h4-7,13,16-17H,8-12H2,1-3H3. The zero-order valence-corrected chi connectivity index (χ0v) is 12.4. The van der Waals surface area contributed by atoms with Crippen molar-refractivity contribution >= 4 is 0 Å². The van der Waals surface area contributed by atoms with Gasteiger partial charge in [0.05, 0.1) is 6.61 Å². The first kappa shape index (κ1) is 14.5. The molecule has 0 spiro atoms. The second-order valence-corrected chi connectivity index (χ2v) is 5.69. The minimum absolute atomic E-state index is 0.446. The number of methoxy groups -OCH3 is 1. The van der Waals surface area contributed by atoms with E-state index in [2.05, 4.69) is 48.5 Å². The summed E-state index contributed by atoms with van der Waals surface area (Å²) in [6, 6.07) is 10.2. The third kappa shape index (κ3) is 4.94. The van der Waals surface area contributed by atoms with Gasteiger partial charge in [0.1, 0.15) is 0 Å². The summed E-state index contributed by atoms with van der Waals surface area (Å²) >= 11 is 0. The summed E-state index contributed by atoms with van der Waals surface area (Å²) in [5, 5.41) is 3.54. The molecule has 1 unspecified atom stereocenters. The molecule has 106 valence electrons. The van der Waals surface area contributed by atoms with Crippen molar-refractivity contribution in [2.45, 2.75) is 44.9 Å². The molecule has 0 bridgehead atoms. The fourth-order valence-corrected chi connectivity index (χ4v) is 2.12. The average Bonchev–Trinajstić information content (AvgIpc) is 3.22. The number of hydrogen-bond acceptors (Lipinski definition) is 3. The number of likely N-dealkylation sites (N-methyl/N-ethyl adjacent to an activating group) is 1. The van der Waals surface area contributed by atoms with Crippen LogP contribution in [-0.4, -0.2) is 37.7 Å². The molecule has 1 fully saturated rings. The van der Waals surface area contributed by atoms with Crippen LogP contribution in [0.15, 0.2) is 24.3 Å². The van der Waals surface area contributed by atoms with Crippen molar-refractivity contribution in [3.8, 4) is 0 Å². The van der Waals surface area contributed by atoms with Crippen LogP contribution in [0.4, 0.5) is 0 Å². The Kier molecular flexibility index (Phi) is 5.37. The molecular weight excluding hydrogens is 236 g/mol. The van der Waals surface area contributed by atoms with Gasteiger partial charge in [-0.05, 0) is 37.9 Å². The number of ether oxygens (including phenoxy) is 1. The third-order valence-corrected chi connectivity index (χ3v) is 3.79. The summed E-state index contributed by atoms with van der Waals surface area (Å²) in [4.78, 5) is 2.32. The van der Waals surface area contributed by atoms with Crippen LogP contribution in [0.2, 0.25) is 0 Å². The maximum Gasteiger partial charge on any atom is 0.0615 e. The summed E-state index contributed by atoms with van der Waals surface area (Å²) < 4.78 is 5.19. The quantitative estimate of drug-likeness (QED) is 0.778. The topological polar surface area (TPSA) is 24.5 Å². The van der Waals surface area contributed by atoms with Crippen molar-refractivity contribution in [3.63, 3.8) is 0 Å². The van der Waals surface area contributed by atoms with Crippen molar-refractivity contribution in [3.05, 3.63) is 35.4 Å². The lowest BCUT2D eigenvalue weighted by molar-refractivity contribution is 0.112. The second kappa shape index (κ2) is 7.04. The van der Waals surface area contributed by atoms with E-state index in [-0.39, 0.29) is 0 Å². The van der Waals surface area contributed by atoms with Crippen LogP contribution in [0.5, 0.6) is 0 Å². The highest BCUT2D eigenvalue weighted by Crippen LogP contribution is 2.19. The van der Waals surface area contributed by atoms with Crippen LogP contribution in [0.3, 0.4) is 0 Å². The minimum Gasteiger partial charge on any atom is -0.383 e. The highest BCUT2D eigenvalue weighted by Gasteiger charge is 2.19. The Morgan fingerprint density at radius 1 is 1.26 bits per heavy atom. The second-order valence-electron chi connectivity index (χ2n) is 5.69. The number of rotatable bonds is 8. The first-order valence-electron chi connectivity index (χ1n) is 7.19. The van der Waals surface area contributed by atoms with Gasteiger partial charge in [-0.3, -0.25) is 4.90 Å². The summed E-state index contributed by atoms with van der Waals surface area (Å²) in [5.74, 6) is 0. The molecule has 1 saturated carbocycles. The van der Waals surface area contributed by atoms with E-state index in [9.17, 15) is 0 Å². The van der Waals surface area contributed by atoms with Gasteiger partial charge in [-0.2, -0.15) is 0 Å². The predicted molar refractivity (Wildman–Crippen MR) is 79.1 cm³/mol. The average molecular weight is 262 g/mol. The monoisotopic (exact) mass is 262 g/mol. The van der Waals surface area contributed by atoms with Gasteiger partial charge in [0, 0.05) is 32.3 Å². The van der Waals surface area contributed by atoms with Gasteiger partial charge in [0.2, 0.25) is 0 Å². The normalized spacial score (nSPS) is 16.8. The molecule has 0 radical (unpaired) electrons. The number of hydrogen-bond donors (Lipinski definition) is 1. The molecule has 3 heteroatoms. The Bertz CT molecular complexity index is 373. The minimum atomic E-state index is 0.446. The van der Waals surface area contributed by atoms with Crippen molar-refractivity contribution in [1.82, 2.24) is 10.2 Å². The van der Waals surface area contributed by atoms with Crippen LogP contribution < -0.4 is 5.32 Å². The Hall–Kier alpha value is -0.900. The van der Waals surface area contributed by atoms with Crippen LogP contribution in [0, 0.1) is 0 Å². The maximum atomic E-state index is 5.19. The molecule has 1 aromatic carbocycles. The molecule has 19 heavy (non-hydrogen) atoms. The molecule has 0 aromatic heterocycles. The Morgan fingerprint density at radius 3 is 2.47 bits per heavy atom. The van der Waals surface area contributed by atoms with E-state index in [1.807, 2.05) is 0 Å². The first-order chi connectivity index (χ1) is 9.19. The first-order valence-corrected chi connectivity index (χ1v) is 7.19. The van der Waals surface area contributed by atoms with Gasteiger partial charge in [-0.25, -0.2) is 0 Å². The van der Waals surface area contributed by atoms with E-state index in [1.54, 1.807) is 7.11 Å². The lowest BCUT2D eigenvalue weighted by Gasteiger charge is -2.24. The molecule has 0 saturated heterocycles. The highest BCUT2D eigenvalue weighted by molar-refractivity contribution is 5.22. The molecular formula is C16H26N2O. The molecule has 0 heterocycles. The van der Waals surface area contributed by atoms with Crippen LogP contribution >= 0.6 is 0 Å². The summed E-state index contributed by atoms with van der Waals surface area (Å²) in [7, 11) is 3.90. The maximum absolute atomic E-state index is 5.19. The van der Waals surface area contributed by atoms with Crippen molar-refractivity contribution in [1.29, 1.82) is 0 Å². The molecule has 2 rings (SSSR count). The summed E-state index contributed by atoms with van der Waals surface area (Å²) in [6.45, 7) is 4.94. The summed E-state index contributed by atoms with van der Waals surface area (Å²) in [6.07, 6.45) is 2.69. The van der Waals surface area contributed by atoms with E-state index in [4.69, 9.17) is 4.74 Å². The van der Waals surface area contributed by atoms with Gasteiger partial charge >= 0.3 is 0 Å². The van der Waals surface area contributed by atoms with E-state index < -0.39 is 0 Å². The lowest BCUT2D eigenvalue weighted by Crippen LogP contribution is -2.32. The Balaban J connectivity index is 1.79. The lowest BCUT2D eigenvalue weighted by atomic mass is 10.1. The van der Waals surface area contributed by atoms with Crippen molar-refractivity contribution < 1.29 is 4.74 Å². The molecule has 1 atom stereocenters. The number of benzene rings is 1. The van der Waals surface area contributed by atoms with Crippen LogP contribution in [0.25, 0.3) is 0 Å². The number of nitrogens with zero attached hydrogens (tertiary/aromatic N) is 1. The van der Waals surface area contributed by atoms with Crippen LogP contribution in [0.1, 0.15) is 30.9 Å². The Morgan fingerprint density at radius 2 is 1.89 bits per heavy atom. The van der Waals surface area contributed by atoms with Gasteiger partial charge in [-0.1, -0.05) is 24.3 Å². The van der Waals surface area contributed by atoms with Crippen molar-refractivity contribution in [2.75, 3.05) is 20.8 Å². The smallest absolute Gasteiger partial charge is 0.0615 e. The van der Waals surface area contributed by atoms with E-state index in [1.165, 1.54) is 24.0 Å². The van der Waals surface area contributed by atoms with Crippen LogP contribution in [-0.2, 0) is 17.8 Å². The summed E-state index contributed by atoms with van der Waals surface area (Å²) in [5.41, 5.74) is 2.74. The largest absolute Gasteiger partial charge is 0.383 e. The molecule has 0 amide bonds.